The molecule has 19 heavy (non-hydrogen) atoms. The van der Waals surface area contributed by atoms with Gasteiger partial charge in [-0.25, -0.2) is 15.0 Å². The number of anilines is 1. The molecule has 0 radical (unpaired) electrons. The lowest BCUT2D eigenvalue weighted by Crippen LogP contribution is -1.99. The van der Waals surface area contributed by atoms with Crippen LogP contribution in [0.2, 0.25) is 0 Å². The zero-order valence-corrected chi connectivity index (χ0v) is 10.5. The first-order chi connectivity index (χ1) is 9.26. The van der Waals surface area contributed by atoms with Gasteiger partial charge in [-0.2, -0.15) is 10.2 Å². The second-order valence-electron chi connectivity index (χ2n) is 3.95. The van der Waals surface area contributed by atoms with Crippen LogP contribution in [-0.2, 0) is 7.05 Å². The SMILES string of the molecule is CNc1cc(-c2cnn(C)c2)nc(-c2ncn[nH]2)n1. The van der Waals surface area contributed by atoms with Gasteiger partial charge in [-0.3, -0.25) is 9.78 Å². The van der Waals surface area contributed by atoms with Crippen molar-refractivity contribution in [2.45, 2.75) is 0 Å². The molecule has 3 heterocycles. The van der Waals surface area contributed by atoms with Crippen molar-refractivity contribution in [1.82, 2.24) is 34.9 Å². The topological polar surface area (TPSA) is 97.2 Å². The molecular weight excluding hydrogens is 244 g/mol. The van der Waals surface area contributed by atoms with Crippen molar-refractivity contribution in [3.05, 3.63) is 24.8 Å². The van der Waals surface area contributed by atoms with E-state index in [1.54, 1.807) is 17.9 Å². The molecule has 8 nitrogen and oxygen atoms in total. The molecule has 0 fully saturated rings. The van der Waals surface area contributed by atoms with Crippen molar-refractivity contribution in [1.29, 1.82) is 0 Å². The number of nitrogens with zero attached hydrogens (tertiary/aromatic N) is 6. The third kappa shape index (κ3) is 2.15. The van der Waals surface area contributed by atoms with Crippen LogP contribution >= 0.6 is 0 Å². The van der Waals surface area contributed by atoms with Crippen LogP contribution in [0.1, 0.15) is 0 Å². The molecule has 96 valence electrons. The van der Waals surface area contributed by atoms with E-state index in [0.717, 1.165) is 11.3 Å². The summed E-state index contributed by atoms with van der Waals surface area (Å²) in [5, 5.41) is 13.7. The smallest absolute Gasteiger partial charge is 0.199 e. The molecule has 0 aliphatic carbocycles. The van der Waals surface area contributed by atoms with Crippen LogP contribution in [0.3, 0.4) is 0 Å². The molecule has 0 bridgehead atoms. The van der Waals surface area contributed by atoms with E-state index in [9.17, 15) is 0 Å². The van der Waals surface area contributed by atoms with Crippen molar-refractivity contribution in [3.63, 3.8) is 0 Å². The Morgan fingerprint density at radius 1 is 1.32 bits per heavy atom. The number of rotatable bonds is 3. The highest BCUT2D eigenvalue weighted by atomic mass is 15.2. The Morgan fingerprint density at radius 2 is 2.21 bits per heavy atom. The Morgan fingerprint density at radius 3 is 2.84 bits per heavy atom. The van der Waals surface area contributed by atoms with Gasteiger partial charge in [0.1, 0.15) is 12.1 Å². The quantitative estimate of drug-likeness (QED) is 0.716. The Kier molecular flexibility index (Phi) is 2.67. The summed E-state index contributed by atoms with van der Waals surface area (Å²) in [6.07, 6.45) is 5.08. The third-order valence-corrected chi connectivity index (χ3v) is 2.61. The molecule has 3 rings (SSSR count). The van der Waals surface area contributed by atoms with Crippen molar-refractivity contribution in [2.24, 2.45) is 7.05 Å². The van der Waals surface area contributed by atoms with Gasteiger partial charge >= 0.3 is 0 Å². The van der Waals surface area contributed by atoms with Gasteiger partial charge in [0, 0.05) is 31.9 Å². The van der Waals surface area contributed by atoms with Crippen LogP contribution in [0.15, 0.2) is 24.8 Å². The molecule has 8 heteroatoms. The molecule has 0 saturated heterocycles. The zero-order valence-electron chi connectivity index (χ0n) is 10.5. The summed E-state index contributed by atoms with van der Waals surface area (Å²) in [7, 11) is 3.67. The molecule has 0 amide bonds. The molecule has 0 aromatic carbocycles. The molecule has 3 aromatic heterocycles. The molecule has 0 spiro atoms. The predicted octanol–water partition coefficient (Wildman–Crippen LogP) is 0.704. The van der Waals surface area contributed by atoms with Crippen LogP contribution in [0.5, 0.6) is 0 Å². The molecule has 0 aliphatic heterocycles. The van der Waals surface area contributed by atoms with E-state index < -0.39 is 0 Å². The zero-order chi connectivity index (χ0) is 13.2. The second kappa shape index (κ2) is 4.48. The number of hydrogen-bond acceptors (Lipinski definition) is 6. The van der Waals surface area contributed by atoms with E-state index in [-0.39, 0.29) is 0 Å². The van der Waals surface area contributed by atoms with E-state index in [1.807, 2.05) is 19.3 Å². The number of aromatic amines is 1. The van der Waals surface area contributed by atoms with E-state index in [0.29, 0.717) is 17.5 Å². The van der Waals surface area contributed by atoms with Gasteiger partial charge in [0.05, 0.1) is 11.9 Å². The van der Waals surface area contributed by atoms with Crippen LogP contribution in [-0.4, -0.2) is 42.0 Å². The Labute approximate surface area is 108 Å². The van der Waals surface area contributed by atoms with E-state index in [4.69, 9.17) is 0 Å². The number of H-pyrrole nitrogens is 1. The summed E-state index contributed by atoms with van der Waals surface area (Å²) >= 11 is 0. The van der Waals surface area contributed by atoms with Gasteiger partial charge in [-0.05, 0) is 0 Å². The molecule has 0 unspecified atom stereocenters. The summed E-state index contributed by atoms with van der Waals surface area (Å²) in [6, 6.07) is 1.86. The second-order valence-corrected chi connectivity index (χ2v) is 3.95. The summed E-state index contributed by atoms with van der Waals surface area (Å²) in [4.78, 5) is 12.9. The van der Waals surface area contributed by atoms with Crippen molar-refractivity contribution < 1.29 is 0 Å². The minimum Gasteiger partial charge on any atom is -0.373 e. The normalized spacial score (nSPS) is 10.6. The average molecular weight is 256 g/mol. The van der Waals surface area contributed by atoms with Crippen LogP contribution in [0, 0.1) is 0 Å². The largest absolute Gasteiger partial charge is 0.373 e. The van der Waals surface area contributed by atoms with Crippen molar-refractivity contribution >= 4 is 5.82 Å². The molecule has 0 saturated carbocycles. The maximum absolute atomic E-state index is 4.47. The predicted molar refractivity (Wildman–Crippen MR) is 69.2 cm³/mol. The highest BCUT2D eigenvalue weighted by Gasteiger charge is 2.11. The fraction of sp³-hybridized carbons (Fsp3) is 0.182. The van der Waals surface area contributed by atoms with Gasteiger partial charge in [0.15, 0.2) is 11.6 Å². The summed E-state index contributed by atoms with van der Waals surface area (Å²) < 4.78 is 1.73. The summed E-state index contributed by atoms with van der Waals surface area (Å²) in [6.45, 7) is 0. The van der Waals surface area contributed by atoms with Gasteiger partial charge < -0.3 is 5.32 Å². The van der Waals surface area contributed by atoms with Crippen LogP contribution < -0.4 is 5.32 Å². The standard InChI is InChI=1S/C11H12N8/c1-12-9-3-8(7-4-15-19(2)5-7)16-11(17-9)10-13-6-14-18-10/h3-6H,1-2H3,(H,12,16,17)(H,13,14,18). The Hall–Kier alpha value is -2.77. The molecule has 2 N–H and O–H groups in total. The van der Waals surface area contributed by atoms with Crippen LogP contribution in [0.25, 0.3) is 22.9 Å². The summed E-state index contributed by atoms with van der Waals surface area (Å²) in [5.74, 6) is 1.73. The van der Waals surface area contributed by atoms with Gasteiger partial charge in [0.2, 0.25) is 0 Å². The lowest BCUT2D eigenvalue weighted by atomic mass is 10.2. The highest BCUT2D eigenvalue weighted by molar-refractivity contribution is 5.64. The first-order valence-electron chi connectivity index (χ1n) is 5.68. The number of hydrogen-bond donors (Lipinski definition) is 2. The summed E-state index contributed by atoms with van der Waals surface area (Å²) in [5.41, 5.74) is 1.70. The lowest BCUT2D eigenvalue weighted by Gasteiger charge is -2.04. The average Bonchev–Trinajstić information content (AvgIpc) is 3.09. The lowest BCUT2D eigenvalue weighted by molar-refractivity contribution is 0.768. The molecule has 0 atom stereocenters. The van der Waals surface area contributed by atoms with Crippen molar-refractivity contribution in [2.75, 3.05) is 12.4 Å². The first kappa shape index (κ1) is 11.3. The minimum atomic E-state index is 0.489. The molecule has 3 aromatic rings. The van der Waals surface area contributed by atoms with E-state index >= 15 is 0 Å². The van der Waals surface area contributed by atoms with Crippen molar-refractivity contribution in [3.8, 4) is 22.9 Å². The third-order valence-electron chi connectivity index (χ3n) is 2.61. The fourth-order valence-corrected chi connectivity index (χ4v) is 1.70. The van der Waals surface area contributed by atoms with Crippen LogP contribution in [0.4, 0.5) is 5.82 Å². The molecular formula is C11H12N8. The van der Waals surface area contributed by atoms with Gasteiger partial charge in [0.25, 0.3) is 0 Å². The molecule has 0 aliphatic rings. The Bertz CT molecular complexity index is 685. The van der Waals surface area contributed by atoms with Gasteiger partial charge in [-0.1, -0.05) is 0 Å². The minimum absolute atomic E-state index is 0.489. The van der Waals surface area contributed by atoms with E-state index in [2.05, 4.69) is 35.6 Å². The number of aromatic nitrogens is 7. The monoisotopic (exact) mass is 256 g/mol. The maximum Gasteiger partial charge on any atom is 0.199 e. The first-order valence-corrected chi connectivity index (χ1v) is 5.68. The Balaban J connectivity index is 2.12. The number of aryl methyl sites for hydroxylation is 1. The fourth-order valence-electron chi connectivity index (χ4n) is 1.70. The van der Waals surface area contributed by atoms with E-state index in [1.165, 1.54) is 6.33 Å². The highest BCUT2D eigenvalue weighted by Crippen LogP contribution is 2.21. The number of nitrogens with one attached hydrogen (secondary N) is 2. The maximum atomic E-state index is 4.47. The van der Waals surface area contributed by atoms with Gasteiger partial charge in [-0.15, -0.1) is 0 Å².